The summed E-state index contributed by atoms with van der Waals surface area (Å²) >= 11 is 1.62. The summed E-state index contributed by atoms with van der Waals surface area (Å²) in [5, 5.41) is 2.02. The van der Waals surface area contributed by atoms with Crippen molar-refractivity contribution in [2.24, 2.45) is 10.7 Å². The molecule has 1 aromatic heterocycles. The molecule has 2 aromatic rings. The van der Waals surface area contributed by atoms with Gasteiger partial charge >= 0.3 is 0 Å². The van der Waals surface area contributed by atoms with Gasteiger partial charge in [-0.3, -0.25) is 0 Å². The maximum Gasteiger partial charge on any atom is 0.141 e. The number of nitrogens with zero attached hydrogens (tertiary/aromatic N) is 2. The first-order chi connectivity index (χ1) is 10.3. The van der Waals surface area contributed by atoms with Crippen molar-refractivity contribution < 1.29 is 0 Å². The predicted molar refractivity (Wildman–Crippen MR) is 92.0 cm³/mol. The van der Waals surface area contributed by atoms with Crippen LogP contribution in [0, 0.1) is 0 Å². The Morgan fingerprint density at radius 3 is 3.00 bits per heavy atom. The minimum absolute atomic E-state index is 0.603. The number of benzene rings is 1. The van der Waals surface area contributed by atoms with Gasteiger partial charge in [0, 0.05) is 18.8 Å². The summed E-state index contributed by atoms with van der Waals surface area (Å²) in [7, 11) is 0. The molecule has 0 saturated heterocycles. The van der Waals surface area contributed by atoms with Crippen LogP contribution in [0.2, 0.25) is 0 Å². The maximum atomic E-state index is 6.08. The van der Waals surface area contributed by atoms with Crippen molar-refractivity contribution in [3.05, 3.63) is 46.2 Å². The number of nitrogens with two attached hydrogens (primary N) is 1. The fourth-order valence-electron chi connectivity index (χ4n) is 2.84. The molecule has 3 nitrogen and oxygen atoms in total. The van der Waals surface area contributed by atoms with Crippen molar-refractivity contribution in [1.82, 2.24) is 0 Å². The van der Waals surface area contributed by atoms with E-state index in [2.05, 4.69) is 35.0 Å². The van der Waals surface area contributed by atoms with Gasteiger partial charge in [0.25, 0.3) is 0 Å². The van der Waals surface area contributed by atoms with Crippen LogP contribution in [-0.4, -0.2) is 18.9 Å². The van der Waals surface area contributed by atoms with Gasteiger partial charge in [-0.15, -0.1) is 11.3 Å². The van der Waals surface area contributed by atoms with Gasteiger partial charge in [-0.25, -0.2) is 4.99 Å². The third-order valence-corrected chi connectivity index (χ3v) is 4.83. The summed E-state index contributed by atoms with van der Waals surface area (Å²) in [6.07, 6.45) is 3.64. The molecule has 1 aliphatic rings. The zero-order valence-electron chi connectivity index (χ0n) is 12.4. The maximum absolute atomic E-state index is 6.08. The number of hydrogen-bond donors (Lipinski definition) is 1. The standard InChI is InChI=1S/C17H21N3S/c1-2-20-10-4-3-6-13-12-14(8-9-15(13)20)19-17(18)16-7-5-11-21-16/h5,7-9,11-12H,2-4,6,10H2,1H3,(H2,18,19). The largest absolute Gasteiger partial charge is 0.383 e. The lowest BCUT2D eigenvalue weighted by atomic mass is 10.1. The van der Waals surface area contributed by atoms with E-state index in [-0.39, 0.29) is 0 Å². The summed E-state index contributed by atoms with van der Waals surface area (Å²) < 4.78 is 0. The van der Waals surface area contributed by atoms with Gasteiger partial charge in [0.1, 0.15) is 5.84 Å². The molecule has 0 amide bonds. The summed E-state index contributed by atoms with van der Waals surface area (Å²) in [5.41, 5.74) is 9.80. The van der Waals surface area contributed by atoms with E-state index in [0.717, 1.165) is 30.1 Å². The Morgan fingerprint density at radius 1 is 1.33 bits per heavy atom. The minimum atomic E-state index is 0.603. The van der Waals surface area contributed by atoms with Crippen molar-refractivity contribution in [1.29, 1.82) is 0 Å². The van der Waals surface area contributed by atoms with Crippen molar-refractivity contribution in [3.8, 4) is 0 Å². The summed E-state index contributed by atoms with van der Waals surface area (Å²) in [5.74, 6) is 0.603. The van der Waals surface area contributed by atoms with E-state index in [1.54, 1.807) is 11.3 Å². The highest BCUT2D eigenvalue weighted by Gasteiger charge is 2.14. The number of aryl methyl sites for hydroxylation is 1. The zero-order chi connectivity index (χ0) is 14.7. The normalized spacial score (nSPS) is 15.7. The highest BCUT2D eigenvalue weighted by Crippen LogP contribution is 2.30. The molecule has 0 bridgehead atoms. The molecule has 0 unspecified atom stereocenters. The van der Waals surface area contributed by atoms with Crippen LogP contribution >= 0.6 is 11.3 Å². The van der Waals surface area contributed by atoms with Crippen LogP contribution in [0.3, 0.4) is 0 Å². The number of anilines is 1. The summed E-state index contributed by atoms with van der Waals surface area (Å²) in [6, 6.07) is 10.5. The zero-order valence-corrected chi connectivity index (χ0v) is 13.2. The lowest BCUT2D eigenvalue weighted by Crippen LogP contribution is -2.23. The second-order valence-corrected chi connectivity index (χ2v) is 6.27. The van der Waals surface area contributed by atoms with Gasteiger partial charge in [-0.2, -0.15) is 0 Å². The number of amidine groups is 1. The van der Waals surface area contributed by atoms with E-state index in [1.807, 2.05) is 17.5 Å². The van der Waals surface area contributed by atoms with Gasteiger partial charge in [-0.1, -0.05) is 6.07 Å². The molecule has 110 valence electrons. The lowest BCUT2D eigenvalue weighted by Gasteiger charge is -2.23. The summed E-state index contributed by atoms with van der Waals surface area (Å²) in [6.45, 7) is 4.44. The van der Waals surface area contributed by atoms with E-state index < -0.39 is 0 Å². The smallest absolute Gasteiger partial charge is 0.141 e. The average molecular weight is 299 g/mol. The van der Waals surface area contributed by atoms with E-state index in [0.29, 0.717) is 5.84 Å². The number of rotatable bonds is 3. The van der Waals surface area contributed by atoms with Crippen molar-refractivity contribution in [3.63, 3.8) is 0 Å². The predicted octanol–water partition coefficient (Wildman–Crippen LogP) is 3.95. The highest BCUT2D eigenvalue weighted by atomic mass is 32.1. The molecular weight excluding hydrogens is 278 g/mol. The van der Waals surface area contributed by atoms with Crippen LogP contribution in [0.25, 0.3) is 0 Å². The Bertz CT molecular complexity index is 631. The number of fused-ring (bicyclic) bond motifs is 1. The first-order valence-electron chi connectivity index (χ1n) is 7.54. The average Bonchev–Trinajstić information content (AvgIpc) is 2.95. The molecule has 0 spiro atoms. The van der Waals surface area contributed by atoms with Gasteiger partial charge in [0.2, 0.25) is 0 Å². The van der Waals surface area contributed by atoms with Crippen molar-refractivity contribution >= 4 is 28.5 Å². The van der Waals surface area contributed by atoms with Crippen LogP contribution in [0.1, 0.15) is 30.2 Å². The molecule has 2 N–H and O–H groups in total. The second-order valence-electron chi connectivity index (χ2n) is 5.32. The van der Waals surface area contributed by atoms with Crippen LogP contribution in [0.5, 0.6) is 0 Å². The SMILES string of the molecule is CCN1CCCCc2cc(N=C(N)c3cccs3)ccc21. The van der Waals surface area contributed by atoms with E-state index >= 15 is 0 Å². The van der Waals surface area contributed by atoms with Gasteiger partial charge in [-0.05, 0) is 61.4 Å². The Kier molecular flexibility index (Phi) is 4.25. The number of thiophene rings is 1. The molecule has 21 heavy (non-hydrogen) atoms. The van der Waals surface area contributed by atoms with Crippen molar-refractivity contribution in [2.45, 2.75) is 26.2 Å². The lowest BCUT2D eigenvalue weighted by molar-refractivity contribution is 0.727. The minimum Gasteiger partial charge on any atom is -0.383 e. The molecule has 0 saturated carbocycles. The van der Waals surface area contributed by atoms with Crippen LogP contribution in [0.4, 0.5) is 11.4 Å². The topological polar surface area (TPSA) is 41.6 Å². The second kappa shape index (κ2) is 6.31. The molecule has 1 aliphatic heterocycles. The highest BCUT2D eigenvalue weighted by molar-refractivity contribution is 7.12. The first kappa shape index (κ1) is 14.1. The number of aliphatic imine (C=N–C) groups is 1. The molecular formula is C17H21N3S. The molecule has 0 atom stereocenters. The molecule has 3 rings (SSSR count). The Hall–Kier alpha value is -1.81. The molecule has 0 aliphatic carbocycles. The molecule has 0 fully saturated rings. The summed E-state index contributed by atoms with van der Waals surface area (Å²) in [4.78, 5) is 8.06. The van der Waals surface area contributed by atoms with Crippen LogP contribution in [-0.2, 0) is 6.42 Å². The third kappa shape index (κ3) is 3.10. The molecule has 0 radical (unpaired) electrons. The first-order valence-corrected chi connectivity index (χ1v) is 8.42. The Morgan fingerprint density at radius 2 is 2.24 bits per heavy atom. The Labute approximate surface area is 130 Å². The fourth-order valence-corrected chi connectivity index (χ4v) is 3.46. The molecule has 4 heteroatoms. The third-order valence-electron chi connectivity index (χ3n) is 3.93. The fraction of sp³-hybridized carbons (Fsp3) is 0.353. The van der Waals surface area contributed by atoms with Gasteiger partial charge < -0.3 is 10.6 Å². The Balaban J connectivity index is 1.92. The molecule has 1 aromatic carbocycles. The van der Waals surface area contributed by atoms with Crippen molar-refractivity contribution in [2.75, 3.05) is 18.0 Å². The monoisotopic (exact) mass is 299 g/mol. The quantitative estimate of drug-likeness (QED) is 0.689. The van der Waals surface area contributed by atoms with E-state index in [9.17, 15) is 0 Å². The molecule has 2 heterocycles. The van der Waals surface area contributed by atoms with E-state index in [4.69, 9.17) is 5.73 Å². The van der Waals surface area contributed by atoms with Gasteiger partial charge in [0.05, 0.1) is 10.6 Å². The number of hydrogen-bond acceptors (Lipinski definition) is 3. The van der Waals surface area contributed by atoms with Gasteiger partial charge in [0.15, 0.2) is 0 Å². The van der Waals surface area contributed by atoms with E-state index in [1.165, 1.54) is 24.1 Å². The van der Waals surface area contributed by atoms with Crippen LogP contribution in [0.15, 0.2) is 40.7 Å². The van der Waals surface area contributed by atoms with Crippen LogP contribution < -0.4 is 10.6 Å².